The van der Waals surface area contributed by atoms with E-state index in [-0.39, 0.29) is 23.7 Å². The first-order valence-corrected chi connectivity index (χ1v) is 12.9. The molecule has 2 saturated heterocycles. The summed E-state index contributed by atoms with van der Waals surface area (Å²) in [6.45, 7) is 2.83. The van der Waals surface area contributed by atoms with E-state index in [0.29, 0.717) is 38.8 Å². The van der Waals surface area contributed by atoms with E-state index in [2.05, 4.69) is 4.98 Å². The number of nitrogens with zero attached hydrogens (tertiary/aromatic N) is 5. The van der Waals surface area contributed by atoms with E-state index in [1.165, 1.54) is 17.9 Å². The number of imidazole rings is 1. The molecule has 1 amide bonds. The minimum Gasteiger partial charge on any atom is -0.386 e. The Labute approximate surface area is 201 Å². The summed E-state index contributed by atoms with van der Waals surface area (Å²) in [4.78, 5) is 44.2. The number of hydrogen-bond acceptors (Lipinski definition) is 8. The van der Waals surface area contributed by atoms with E-state index in [0.717, 1.165) is 10.3 Å². The normalized spacial score (nSPS) is 25.7. The Kier molecular flexibility index (Phi) is 6.71. The van der Waals surface area contributed by atoms with Crippen LogP contribution in [0.5, 0.6) is 0 Å². The maximum absolute atomic E-state index is 13.0. The van der Waals surface area contributed by atoms with Crippen molar-refractivity contribution in [1.29, 1.82) is 0 Å². The third kappa shape index (κ3) is 4.21. The zero-order valence-corrected chi connectivity index (χ0v) is 21.0. The molecule has 4 rings (SSSR count). The van der Waals surface area contributed by atoms with Crippen molar-refractivity contribution in [2.75, 3.05) is 31.7 Å². The monoisotopic (exact) mass is 494 g/mol. The molecule has 0 aromatic carbocycles. The van der Waals surface area contributed by atoms with E-state index in [4.69, 9.17) is 10.5 Å². The fourth-order valence-electron chi connectivity index (χ4n) is 5.11. The minimum absolute atomic E-state index is 0.0340. The van der Waals surface area contributed by atoms with Crippen LogP contribution in [0.1, 0.15) is 38.6 Å². The first kappa shape index (κ1) is 25.0. The number of piperidine rings is 1. The topological polar surface area (TPSA) is 138 Å². The molecule has 0 radical (unpaired) electrons. The number of nitrogens with two attached hydrogens (primary N) is 1. The van der Waals surface area contributed by atoms with Crippen molar-refractivity contribution >= 4 is 28.8 Å². The van der Waals surface area contributed by atoms with Gasteiger partial charge in [-0.1, -0.05) is 0 Å². The molecule has 3 atom stereocenters. The molecule has 0 bridgehead atoms. The number of hydrogen-bond donors (Lipinski definition) is 2. The van der Waals surface area contributed by atoms with Crippen LogP contribution in [0, 0.1) is 0 Å². The van der Waals surface area contributed by atoms with Gasteiger partial charge >= 0.3 is 5.69 Å². The van der Waals surface area contributed by atoms with Gasteiger partial charge in [-0.15, -0.1) is 0 Å². The summed E-state index contributed by atoms with van der Waals surface area (Å²) in [5.41, 5.74) is 3.97. The Hall–Kier alpha value is -2.15. The fourth-order valence-corrected chi connectivity index (χ4v) is 5.60. The Morgan fingerprint density at radius 3 is 2.65 bits per heavy atom. The lowest BCUT2D eigenvalue weighted by Crippen LogP contribution is -2.58. The largest absolute Gasteiger partial charge is 0.386 e. The molecule has 1 spiro atoms. The van der Waals surface area contributed by atoms with Crippen LogP contribution in [-0.4, -0.2) is 83.5 Å². The number of thioether (sulfide) groups is 1. The number of amides is 1. The number of carbonyl (C=O) groups is 1. The first-order chi connectivity index (χ1) is 16.0. The maximum atomic E-state index is 13.0. The summed E-state index contributed by atoms with van der Waals surface area (Å²) in [5.74, 6) is 0.808. The first-order valence-electron chi connectivity index (χ1n) is 11.5. The molecule has 0 unspecified atom stereocenters. The summed E-state index contributed by atoms with van der Waals surface area (Å²) in [7, 11) is 3.00. The van der Waals surface area contributed by atoms with Crippen LogP contribution in [0.3, 0.4) is 0 Å². The van der Waals surface area contributed by atoms with Crippen molar-refractivity contribution < 1.29 is 14.6 Å². The van der Waals surface area contributed by atoms with Gasteiger partial charge in [0.05, 0.1) is 30.6 Å². The standard InChI is InChI=1S/C22H34N6O5S/c1-21(32)12-33-22(6-8-27(9-7-22)18(29)14(23)5-10-34-4)11-15(21)28-13-24-17-16(28)19(30)26(3)20(31)25(17)2/h13-15,32H,5-12,23H2,1-4H3/t14-,15-,21-/m0/s1. The van der Waals surface area contributed by atoms with Gasteiger partial charge in [0.2, 0.25) is 5.91 Å². The van der Waals surface area contributed by atoms with Gasteiger partial charge in [-0.2, -0.15) is 11.8 Å². The number of aromatic nitrogens is 4. The fraction of sp³-hybridized carbons (Fsp3) is 0.727. The second-order valence-corrected chi connectivity index (χ2v) is 10.8. The Balaban J connectivity index is 1.59. The van der Waals surface area contributed by atoms with E-state index in [9.17, 15) is 19.5 Å². The second kappa shape index (κ2) is 9.14. The average Bonchev–Trinajstić information content (AvgIpc) is 3.26. The number of rotatable bonds is 5. The molecule has 2 fully saturated rings. The molecule has 2 aliphatic heterocycles. The van der Waals surface area contributed by atoms with Gasteiger partial charge < -0.3 is 25.0 Å². The number of aliphatic hydroxyl groups is 1. The highest BCUT2D eigenvalue weighted by molar-refractivity contribution is 7.98. The molecule has 4 heterocycles. The van der Waals surface area contributed by atoms with Crippen LogP contribution < -0.4 is 17.0 Å². The lowest BCUT2D eigenvalue weighted by molar-refractivity contribution is -0.201. The highest BCUT2D eigenvalue weighted by Gasteiger charge is 2.50. The van der Waals surface area contributed by atoms with Crippen LogP contribution in [0.4, 0.5) is 0 Å². The number of likely N-dealkylation sites (tertiary alicyclic amines) is 1. The van der Waals surface area contributed by atoms with Gasteiger partial charge in [0.25, 0.3) is 5.56 Å². The van der Waals surface area contributed by atoms with Crippen LogP contribution in [0.25, 0.3) is 11.2 Å². The van der Waals surface area contributed by atoms with E-state index in [1.807, 2.05) is 6.26 Å². The maximum Gasteiger partial charge on any atom is 0.332 e. The van der Waals surface area contributed by atoms with Crippen LogP contribution in [0.15, 0.2) is 15.9 Å². The summed E-state index contributed by atoms with van der Waals surface area (Å²) in [6.07, 6.45) is 5.85. The van der Waals surface area contributed by atoms with Gasteiger partial charge in [0.1, 0.15) is 5.60 Å². The van der Waals surface area contributed by atoms with E-state index < -0.39 is 34.5 Å². The van der Waals surface area contributed by atoms with Crippen molar-refractivity contribution in [1.82, 2.24) is 23.6 Å². The number of aryl methyl sites for hydroxylation is 1. The molecular formula is C22H34N6O5S. The molecular weight excluding hydrogens is 460 g/mol. The molecule has 2 aliphatic rings. The highest BCUT2D eigenvalue weighted by Crippen LogP contribution is 2.44. The van der Waals surface area contributed by atoms with Crippen LogP contribution >= 0.6 is 11.8 Å². The SMILES string of the molecule is CSCC[C@H](N)C(=O)N1CCC2(CC1)C[C@H](n1cnc3c1c(=O)n(C)c(=O)n3C)[C@@](C)(O)CO2. The van der Waals surface area contributed by atoms with Crippen molar-refractivity contribution in [3.63, 3.8) is 0 Å². The zero-order valence-electron chi connectivity index (χ0n) is 20.2. The summed E-state index contributed by atoms with van der Waals surface area (Å²) >= 11 is 1.67. The molecule has 0 saturated carbocycles. The number of fused-ring (bicyclic) bond motifs is 1. The van der Waals surface area contributed by atoms with E-state index >= 15 is 0 Å². The summed E-state index contributed by atoms with van der Waals surface area (Å²) in [6, 6.07) is -0.982. The van der Waals surface area contributed by atoms with Crippen molar-refractivity contribution in [2.45, 2.75) is 55.9 Å². The Morgan fingerprint density at radius 2 is 2.00 bits per heavy atom. The molecule has 12 heteroatoms. The van der Waals surface area contributed by atoms with Crippen molar-refractivity contribution in [3.8, 4) is 0 Å². The third-order valence-corrected chi connectivity index (χ3v) is 8.04. The minimum atomic E-state index is -1.24. The van der Waals surface area contributed by atoms with Crippen LogP contribution in [-0.2, 0) is 23.6 Å². The second-order valence-electron chi connectivity index (χ2n) is 9.79. The molecule has 3 N–H and O–H groups in total. The van der Waals surface area contributed by atoms with Gasteiger partial charge in [-0.05, 0) is 38.2 Å². The lowest BCUT2D eigenvalue weighted by atomic mass is 9.77. The van der Waals surface area contributed by atoms with E-state index in [1.54, 1.807) is 35.2 Å². The number of carbonyl (C=O) groups excluding carboxylic acids is 1. The molecule has 34 heavy (non-hydrogen) atoms. The van der Waals surface area contributed by atoms with Gasteiger partial charge in [-0.25, -0.2) is 9.78 Å². The highest BCUT2D eigenvalue weighted by atomic mass is 32.2. The Morgan fingerprint density at radius 1 is 1.32 bits per heavy atom. The number of ether oxygens (including phenoxy) is 1. The smallest absolute Gasteiger partial charge is 0.332 e. The molecule has 11 nitrogen and oxygen atoms in total. The molecule has 2 aromatic heterocycles. The van der Waals surface area contributed by atoms with Crippen molar-refractivity contribution in [3.05, 3.63) is 27.2 Å². The summed E-state index contributed by atoms with van der Waals surface area (Å²) < 4.78 is 10.3. The zero-order chi connectivity index (χ0) is 24.8. The van der Waals surface area contributed by atoms with Crippen molar-refractivity contribution in [2.24, 2.45) is 19.8 Å². The van der Waals surface area contributed by atoms with Gasteiger partial charge in [0.15, 0.2) is 11.2 Å². The predicted molar refractivity (Wildman–Crippen MR) is 130 cm³/mol. The lowest BCUT2D eigenvalue weighted by Gasteiger charge is -2.51. The predicted octanol–water partition coefficient (Wildman–Crippen LogP) is -0.412. The van der Waals surface area contributed by atoms with Crippen LogP contribution in [0.2, 0.25) is 0 Å². The van der Waals surface area contributed by atoms with Gasteiger partial charge in [-0.3, -0.25) is 18.7 Å². The third-order valence-electron chi connectivity index (χ3n) is 7.40. The van der Waals surface area contributed by atoms with Gasteiger partial charge in [0, 0.05) is 33.6 Å². The molecule has 2 aromatic rings. The average molecular weight is 495 g/mol. The molecule has 188 valence electrons. The quantitative estimate of drug-likeness (QED) is 0.572. The Bertz CT molecular complexity index is 1190. The molecule has 0 aliphatic carbocycles. The summed E-state index contributed by atoms with van der Waals surface area (Å²) in [5, 5.41) is 11.2.